The van der Waals surface area contributed by atoms with E-state index >= 15 is 0 Å². The highest BCUT2D eigenvalue weighted by atomic mass is 16.5. The zero-order valence-electron chi connectivity index (χ0n) is 14.0. The third-order valence-electron chi connectivity index (χ3n) is 3.90. The first-order chi connectivity index (χ1) is 11.8. The number of ether oxygens (including phenoxy) is 1. The summed E-state index contributed by atoms with van der Waals surface area (Å²) in [6.45, 7) is 5.20. The molecule has 2 aromatic rings. The normalized spacial score (nSPS) is 17.9. The number of nitrogens with zero attached hydrogens (tertiary/aromatic N) is 4. The Kier molecular flexibility index (Phi) is 5.79. The zero-order chi connectivity index (χ0) is 16.6. The van der Waals surface area contributed by atoms with Gasteiger partial charge in [-0.05, 0) is 37.5 Å². The second kappa shape index (κ2) is 8.44. The molecule has 0 amide bonds. The standard InChI is InChI=1S/C17H24N6O/c1-2-19-17(21-11-16-4-3-9-24-16)20-10-14-5-7-15(8-6-14)23-13-18-12-22-23/h5-8,12-13,16H,2-4,9-11H2,1H3,(H2,19,20,21). The van der Waals surface area contributed by atoms with Gasteiger partial charge in [-0.1, -0.05) is 12.1 Å². The first kappa shape index (κ1) is 16.4. The fraction of sp³-hybridized carbons (Fsp3) is 0.471. The average molecular weight is 328 g/mol. The molecule has 128 valence electrons. The Morgan fingerprint density at radius 3 is 2.88 bits per heavy atom. The molecule has 1 atom stereocenters. The summed E-state index contributed by atoms with van der Waals surface area (Å²) in [6.07, 6.45) is 5.79. The lowest BCUT2D eigenvalue weighted by Gasteiger charge is -2.14. The summed E-state index contributed by atoms with van der Waals surface area (Å²) >= 11 is 0. The molecular formula is C17H24N6O. The van der Waals surface area contributed by atoms with Crippen molar-refractivity contribution in [3.8, 4) is 5.69 Å². The molecule has 1 aromatic heterocycles. The van der Waals surface area contributed by atoms with Crippen LogP contribution in [0.15, 0.2) is 41.9 Å². The maximum atomic E-state index is 5.63. The minimum absolute atomic E-state index is 0.302. The van der Waals surface area contributed by atoms with E-state index in [4.69, 9.17) is 4.74 Å². The highest BCUT2D eigenvalue weighted by molar-refractivity contribution is 5.79. The van der Waals surface area contributed by atoms with Crippen LogP contribution in [0.3, 0.4) is 0 Å². The predicted octanol–water partition coefficient (Wildman–Crippen LogP) is 1.50. The van der Waals surface area contributed by atoms with E-state index in [-0.39, 0.29) is 0 Å². The Morgan fingerprint density at radius 2 is 2.21 bits per heavy atom. The third-order valence-corrected chi connectivity index (χ3v) is 3.90. The summed E-state index contributed by atoms with van der Waals surface area (Å²) < 4.78 is 7.37. The second-order valence-electron chi connectivity index (χ2n) is 5.72. The molecule has 0 bridgehead atoms. The van der Waals surface area contributed by atoms with E-state index in [9.17, 15) is 0 Å². The van der Waals surface area contributed by atoms with Gasteiger partial charge in [0.1, 0.15) is 12.7 Å². The van der Waals surface area contributed by atoms with Crippen molar-refractivity contribution in [2.24, 2.45) is 4.99 Å². The summed E-state index contributed by atoms with van der Waals surface area (Å²) in [4.78, 5) is 8.60. The van der Waals surface area contributed by atoms with Crippen LogP contribution in [0.2, 0.25) is 0 Å². The molecule has 2 heterocycles. The van der Waals surface area contributed by atoms with Gasteiger partial charge >= 0.3 is 0 Å². The first-order valence-electron chi connectivity index (χ1n) is 8.43. The van der Waals surface area contributed by atoms with Crippen molar-refractivity contribution >= 4 is 5.96 Å². The molecule has 1 aliphatic rings. The average Bonchev–Trinajstić information content (AvgIpc) is 3.31. The topological polar surface area (TPSA) is 76.4 Å². The third kappa shape index (κ3) is 4.55. The molecule has 7 heteroatoms. The van der Waals surface area contributed by atoms with Crippen LogP contribution in [0.25, 0.3) is 5.69 Å². The van der Waals surface area contributed by atoms with Crippen molar-refractivity contribution in [3.63, 3.8) is 0 Å². The predicted molar refractivity (Wildman–Crippen MR) is 93.2 cm³/mol. The van der Waals surface area contributed by atoms with Gasteiger partial charge in [0.05, 0.1) is 18.3 Å². The van der Waals surface area contributed by atoms with Gasteiger partial charge in [-0.2, -0.15) is 5.10 Å². The molecule has 1 unspecified atom stereocenters. The van der Waals surface area contributed by atoms with Gasteiger partial charge in [0, 0.05) is 19.7 Å². The lowest BCUT2D eigenvalue weighted by atomic mass is 10.2. The van der Waals surface area contributed by atoms with Crippen molar-refractivity contribution in [1.29, 1.82) is 0 Å². The molecule has 2 N–H and O–H groups in total. The van der Waals surface area contributed by atoms with Crippen LogP contribution in [0.1, 0.15) is 25.3 Å². The van der Waals surface area contributed by atoms with Gasteiger partial charge < -0.3 is 15.4 Å². The largest absolute Gasteiger partial charge is 0.376 e. The van der Waals surface area contributed by atoms with Crippen molar-refractivity contribution in [2.45, 2.75) is 32.4 Å². The molecule has 1 aliphatic heterocycles. The number of benzene rings is 1. The second-order valence-corrected chi connectivity index (χ2v) is 5.72. The Morgan fingerprint density at radius 1 is 1.33 bits per heavy atom. The minimum atomic E-state index is 0.302. The molecule has 7 nitrogen and oxygen atoms in total. The number of hydrogen-bond donors (Lipinski definition) is 2. The molecule has 1 fully saturated rings. The van der Waals surface area contributed by atoms with Crippen molar-refractivity contribution in [2.75, 3.05) is 19.7 Å². The number of hydrogen-bond acceptors (Lipinski definition) is 4. The van der Waals surface area contributed by atoms with E-state index < -0.39 is 0 Å². The number of rotatable bonds is 6. The van der Waals surface area contributed by atoms with E-state index in [1.165, 1.54) is 6.33 Å². The SMILES string of the molecule is CCNC(=NCc1ccc(-n2cncn2)cc1)NCC1CCCO1. The summed E-state index contributed by atoms with van der Waals surface area (Å²) in [7, 11) is 0. The van der Waals surface area contributed by atoms with Crippen molar-refractivity contribution in [3.05, 3.63) is 42.5 Å². The minimum Gasteiger partial charge on any atom is -0.376 e. The molecule has 1 aromatic carbocycles. The fourth-order valence-corrected chi connectivity index (χ4v) is 2.62. The molecular weight excluding hydrogens is 304 g/mol. The van der Waals surface area contributed by atoms with Crippen LogP contribution in [0.4, 0.5) is 0 Å². The molecule has 0 saturated carbocycles. The number of aromatic nitrogens is 3. The van der Waals surface area contributed by atoms with Crippen molar-refractivity contribution < 1.29 is 4.74 Å². The summed E-state index contributed by atoms with van der Waals surface area (Å²) in [5, 5.41) is 10.8. The lowest BCUT2D eigenvalue weighted by Crippen LogP contribution is -2.41. The smallest absolute Gasteiger partial charge is 0.191 e. The number of guanidine groups is 1. The quantitative estimate of drug-likeness (QED) is 0.621. The molecule has 1 saturated heterocycles. The van der Waals surface area contributed by atoms with Crippen LogP contribution < -0.4 is 10.6 Å². The maximum absolute atomic E-state index is 5.63. The Bertz CT molecular complexity index is 632. The highest BCUT2D eigenvalue weighted by Crippen LogP contribution is 2.11. The fourth-order valence-electron chi connectivity index (χ4n) is 2.62. The maximum Gasteiger partial charge on any atom is 0.191 e. The summed E-state index contributed by atoms with van der Waals surface area (Å²) in [6, 6.07) is 8.16. The molecule has 0 spiro atoms. The Labute approximate surface area is 142 Å². The lowest BCUT2D eigenvalue weighted by molar-refractivity contribution is 0.114. The first-order valence-corrected chi connectivity index (χ1v) is 8.43. The Hall–Kier alpha value is -2.41. The molecule has 0 aliphatic carbocycles. The monoisotopic (exact) mass is 328 g/mol. The van der Waals surface area contributed by atoms with Crippen LogP contribution in [-0.4, -0.2) is 46.5 Å². The molecule has 24 heavy (non-hydrogen) atoms. The molecule has 3 rings (SSSR count). The van der Waals surface area contributed by atoms with E-state index in [0.29, 0.717) is 12.6 Å². The van der Waals surface area contributed by atoms with Gasteiger partial charge in [-0.25, -0.2) is 14.7 Å². The van der Waals surface area contributed by atoms with Crippen LogP contribution in [0.5, 0.6) is 0 Å². The Balaban J connectivity index is 1.56. The van der Waals surface area contributed by atoms with Gasteiger partial charge in [-0.15, -0.1) is 0 Å². The zero-order valence-corrected chi connectivity index (χ0v) is 14.0. The van der Waals surface area contributed by atoms with Crippen LogP contribution in [0, 0.1) is 0 Å². The van der Waals surface area contributed by atoms with Gasteiger partial charge in [0.15, 0.2) is 5.96 Å². The van der Waals surface area contributed by atoms with E-state index in [1.807, 2.05) is 12.1 Å². The van der Waals surface area contributed by atoms with E-state index in [2.05, 4.69) is 44.8 Å². The van der Waals surface area contributed by atoms with E-state index in [0.717, 1.165) is 49.7 Å². The van der Waals surface area contributed by atoms with Gasteiger partial charge in [-0.3, -0.25) is 0 Å². The summed E-state index contributed by atoms with van der Waals surface area (Å²) in [5.74, 6) is 0.827. The van der Waals surface area contributed by atoms with Gasteiger partial charge in [0.25, 0.3) is 0 Å². The van der Waals surface area contributed by atoms with Crippen molar-refractivity contribution in [1.82, 2.24) is 25.4 Å². The summed E-state index contributed by atoms with van der Waals surface area (Å²) in [5.41, 5.74) is 2.14. The van der Waals surface area contributed by atoms with Crippen LogP contribution >= 0.6 is 0 Å². The van der Waals surface area contributed by atoms with Crippen LogP contribution in [-0.2, 0) is 11.3 Å². The van der Waals surface area contributed by atoms with Gasteiger partial charge in [0.2, 0.25) is 0 Å². The number of aliphatic imine (C=N–C) groups is 1. The highest BCUT2D eigenvalue weighted by Gasteiger charge is 2.15. The van der Waals surface area contributed by atoms with E-state index in [1.54, 1.807) is 11.0 Å². The molecule has 0 radical (unpaired) electrons. The number of nitrogens with one attached hydrogen (secondary N) is 2.